The van der Waals surface area contributed by atoms with E-state index in [1.54, 1.807) is 0 Å². The third-order valence-electron chi connectivity index (χ3n) is 2.03. The normalized spacial score (nSPS) is 10.3. The van der Waals surface area contributed by atoms with Crippen molar-refractivity contribution in [2.45, 2.75) is 26.9 Å². The number of carbonyl (C=O) groups excluding carboxylic acids is 1. The molecule has 0 radical (unpaired) electrons. The number of benzene rings is 1. The quantitative estimate of drug-likeness (QED) is 0.814. The van der Waals surface area contributed by atoms with E-state index < -0.39 is 0 Å². The van der Waals surface area contributed by atoms with E-state index in [2.05, 4.69) is 5.32 Å². The second kappa shape index (κ2) is 5.51. The molecule has 0 saturated carbocycles. The van der Waals surface area contributed by atoms with Crippen LogP contribution in [0.2, 0.25) is 0 Å². The Morgan fingerprint density at radius 1 is 1.50 bits per heavy atom. The number of nitrogens with one attached hydrogen (secondary N) is 1. The van der Waals surface area contributed by atoms with Gasteiger partial charge in [0.1, 0.15) is 5.75 Å². The molecule has 0 aromatic heterocycles. The van der Waals surface area contributed by atoms with E-state index in [0.717, 1.165) is 17.0 Å². The summed E-state index contributed by atoms with van der Waals surface area (Å²) in [7, 11) is 0. The Balaban J connectivity index is 2.79. The van der Waals surface area contributed by atoms with Crippen LogP contribution in [0.3, 0.4) is 0 Å². The molecule has 88 valence electrons. The van der Waals surface area contributed by atoms with Crippen LogP contribution >= 0.6 is 0 Å². The summed E-state index contributed by atoms with van der Waals surface area (Å²) in [5.74, 6) is 0.610. The lowest BCUT2D eigenvalue weighted by atomic mass is 10.2. The van der Waals surface area contributed by atoms with Gasteiger partial charge in [-0.25, -0.2) is 0 Å². The van der Waals surface area contributed by atoms with Crippen LogP contribution in [0.25, 0.3) is 0 Å². The van der Waals surface area contributed by atoms with E-state index in [9.17, 15) is 4.79 Å². The molecule has 0 aliphatic rings. The van der Waals surface area contributed by atoms with Crippen molar-refractivity contribution in [1.82, 2.24) is 0 Å². The molecule has 4 nitrogen and oxygen atoms in total. The highest BCUT2D eigenvalue weighted by atomic mass is 16.5. The van der Waals surface area contributed by atoms with Crippen molar-refractivity contribution in [3.63, 3.8) is 0 Å². The van der Waals surface area contributed by atoms with Crippen molar-refractivity contribution in [2.24, 2.45) is 5.73 Å². The largest absolute Gasteiger partial charge is 0.491 e. The Hall–Kier alpha value is -1.55. The van der Waals surface area contributed by atoms with Gasteiger partial charge in [0.2, 0.25) is 5.91 Å². The summed E-state index contributed by atoms with van der Waals surface area (Å²) in [4.78, 5) is 11.1. The molecule has 0 spiro atoms. The zero-order valence-electron chi connectivity index (χ0n) is 9.91. The van der Waals surface area contributed by atoms with Gasteiger partial charge >= 0.3 is 0 Å². The molecule has 1 amide bonds. The first-order valence-electron chi connectivity index (χ1n) is 5.30. The molecule has 0 aliphatic carbocycles. The topological polar surface area (TPSA) is 64.3 Å². The molecular formula is C12H18N2O2. The molecule has 16 heavy (non-hydrogen) atoms. The lowest BCUT2D eigenvalue weighted by Crippen LogP contribution is -2.22. The summed E-state index contributed by atoms with van der Waals surface area (Å²) in [6.07, 6.45) is 0.142. The predicted octanol–water partition coefficient (Wildman–Crippen LogP) is 1.68. The van der Waals surface area contributed by atoms with Crippen molar-refractivity contribution >= 4 is 11.6 Å². The Labute approximate surface area is 95.8 Å². The number of rotatable bonds is 4. The van der Waals surface area contributed by atoms with E-state index >= 15 is 0 Å². The maximum absolute atomic E-state index is 11.1. The zero-order valence-corrected chi connectivity index (χ0v) is 9.91. The molecule has 0 saturated heterocycles. The number of ether oxygens (including phenoxy) is 1. The average molecular weight is 222 g/mol. The molecule has 0 aliphatic heterocycles. The molecule has 0 bridgehead atoms. The lowest BCUT2D eigenvalue weighted by molar-refractivity contribution is -0.114. The van der Waals surface area contributed by atoms with Crippen LogP contribution in [0.4, 0.5) is 5.69 Å². The van der Waals surface area contributed by atoms with Crippen LogP contribution in [-0.2, 0) is 4.79 Å². The first-order chi connectivity index (χ1) is 7.52. The molecule has 0 atom stereocenters. The van der Waals surface area contributed by atoms with Crippen molar-refractivity contribution in [1.29, 1.82) is 0 Å². The minimum atomic E-state index is -0.194. The third-order valence-corrected chi connectivity index (χ3v) is 2.03. The standard InChI is InChI=1S/C12H18N2O2/c1-8(2)16-10-4-5-11(9(3)6-10)14-12(15)7-13/h4-6,8H,7,13H2,1-3H3,(H,14,15). The van der Waals surface area contributed by atoms with E-state index in [0.29, 0.717) is 0 Å². The van der Waals surface area contributed by atoms with Gasteiger partial charge in [-0.1, -0.05) is 0 Å². The number of hydrogen-bond acceptors (Lipinski definition) is 3. The molecule has 4 heteroatoms. The van der Waals surface area contributed by atoms with E-state index in [-0.39, 0.29) is 18.6 Å². The van der Waals surface area contributed by atoms with Crippen LogP contribution in [0.1, 0.15) is 19.4 Å². The van der Waals surface area contributed by atoms with Gasteiger partial charge in [0, 0.05) is 5.69 Å². The van der Waals surface area contributed by atoms with Crippen LogP contribution in [0.5, 0.6) is 5.75 Å². The van der Waals surface area contributed by atoms with Gasteiger partial charge in [0.25, 0.3) is 0 Å². The lowest BCUT2D eigenvalue weighted by Gasteiger charge is -2.12. The minimum absolute atomic E-state index is 0.0102. The Morgan fingerprint density at radius 3 is 2.69 bits per heavy atom. The predicted molar refractivity (Wildman–Crippen MR) is 64.6 cm³/mol. The summed E-state index contributed by atoms with van der Waals surface area (Å²) in [6, 6.07) is 5.55. The summed E-state index contributed by atoms with van der Waals surface area (Å²) >= 11 is 0. The first-order valence-corrected chi connectivity index (χ1v) is 5.30. The minimum Gasteiger partial charge on any atom is -0.491 e. The molecular weight excluding hydrogens is 204 g/mol. The van der Waals surface area contributed by atoms with Crippen molar-refractivity contribution in [3.8, 4) is 5.75 Å². The van der Waals surface area contributed by atoms with E-state index in [1.165, 1.54) is 0 Å². The Kier molecular flexibility index (Phi) is 4.31. The highest BCUT2D eigenvalue weighted by Gasteiger charge is 2.04. The molecule has 0 heterocycles. The number of amides is 1. The van der Waals surface area contributed by atoms with Crippen LogP contribution in [0.15, 0.2) is 18.2 Å². The van der Waals surface area contributed by atoms with Crippen molar-refractivity contribution in [3.05, 3.63) is 23.8 Å². The third kappa shape index (κ3) is 3.55. The monoisotopic (exact) mass is 222 g/mol. The number of aryl methyl sites for hydroxylation is 1. The number of hydrogen-bond donors (Lipinski definition) is 2. The highest BCUT2D eigenvalue weighted by Crippen LogP contribution is 2.21. The fourth-order valence-electron chi connectivity index (χ4n) is 1.32. The second-order valence-electron chi connectivity index (χ2n) is 3.90. The number of nitrogens with two attached hydrogens (primary N) is 1. The summed E-state index contributed by atoms with van der Waals surface area (Å²) in [6.45, 7) is 5.85. The highest BCUT2D eigenvalue weighted by molar-refractivity contribution is 5.92. The fraction of sp³-hybridized carbons (Fsp3) is 0.417. The van der Waals surface area contributed by atoms with Gasteiger partial charge in [0.15, 0.2) is 0 Å². The Morgan fingerprint density at radius 2 is 2.19 bits per heavy atom. The van der Waals surface area contributed by atoms with Gasteiger partial charge in [-0.3, -0.25) is 4.79 Å². The van der Waals surface area contributed by atoms with Crippen molar-refractivity contribution in [2.75, 3.05) is 11.9 Å². The van der Waals surface area contributed by atoms with Gasteiger partial charge in [-0.2, -0.15) is 0 Å². The molecule has 0 fully saturated rings. The number of carbonyl (C=O) groups is 1. The fourth-order valence-corrected chi connectivity index (χ4v) is 1.32. The molecule has 1 aromatic carbocycles. The zero-order chi connectivity index (χ0) is 12.1. The average Bonchev–Trinajstić information content (AvgIpc) is 2.21. The summed E-state index contributed by atoms with van der Waals surface area (Å²) in [5, 5.41) is 2.72. The van der Waals surface area contributed by atoms with Gasteiger partial charge < -0.3 is 15.8 Å². The summed E-state index contributed by atoms with van der Waals surface area (Å²) < 4.78 is 5.54. The summed E-state index contributed by atoms with van der Waals surface area (Å²) in [5.41, 5.74) is 6.96. The first kappa shape index (κ1) is 12.5. The maximum Gasteiger partial charge on any atom is 0.238 e. The Bertz CT molecular complexity index is 375. The van der Waals surface area contributed by atoms with Gasteiger partial charge in [0.05, 0.1) is 12.6 Å². The molecule has 1 aromatic rings. The molecule has 3 N–H and O–H groups in total. The van der Waals surface area contributed by atoms with Crippen LogP contribution < -0.4 is 15.8 Å². The SMILES string of the molecule is Cc1cc(OC(C)C)ccc1NC(=O)CN. The molecule has 0 unspecified atom stereocenters. The van der Waals surface area contributed by atoms with Crippen molar-refractivity contribution < 1.29 is 9.53 Å². The van der Waals surface area contributed by atoms with Crippen LogP contribution in [0, 0.1) is 6.92 Å². The smallest absolute Gasteiger partial charge is 0.238 e. The van der Waals surface area contributed by atoms with E-state index in [4.69, 9.17) is 10.5 Å². The maximum atomic E-state index is 11.1. The van der Waals surface area contributed by atoms with Crippen LogP contribution in [-0.4, -0.2) is 18.6 Å². The number of anilines is 1. The van der Waals surface area contributed by atoms with E-state index in [1.807, 2.05) is 39.0 Å². The molecule has 1 rings (SSSR count). The second-order valence-corrected chi connectivity index (χ2v) is 3.90. The van der Waals surface area contributed by atoms with Gasteiger partial charge in [-0.15, -0.1) is 0 Å². The van der Waals surface area contributed by atoms with Gasteiger partial charge in [-0.05, 0) is 44.5 Å².